The average molecular weight is 360 g/mol. The normalized spacial score (nSPS) is 12.4. The van der Waals surface area contributed by atoms with Crippen LogP contribution in [0.4, 0.5) is 0 Å². The van der Waals surface area contributed by atoms with Crippen LogP contribution in [-0.2, 0) is 17.1 Å². The molecule has 2 nitrogen and oxygen atoms in total. The Morgan fingerprint density at radius 3 is 2.21 bits per heavy atom. The molecule has 1 aliphatic carbocycles. The van der Waals surface area contributed by atoms with Crippen LogP contribution in [0.2, 0.25) is 0 Å². The van der Waals surface area contributed by atoms with Crippen LogP contribution in [0.1, 0.15) is 16.7 Å². The van der Waals surface area contributed by atoms with Crippen molar-refractivity contribution in [3.63, 3.8) is 0 Å². The van der Waals surface area contributed by atoms with Gasteiger partial charge in [-0.05, 0) is 36.6 Å². The molecule has 0 heterocycles. The Morgan fingerprint density at radius 2 is 1.71 bits per heavy atom. The molecule has 0 aromatic heterocycles. The maximum absolute atomic E-state index is 12.0. The zero-order chi connectivity index (χ0) is 16.7. The minimum atomic E-state index is -0.175. The Morgan fingerprint density at radius 1 is 1.08 bits per heavy atom. The van der Waals surface area contributed by atoms with Gasteiger partial charge in [0, 0.05) is 5.56 Å². The summed E-state index contributed by atoms with van der Waals surface area (Å²) in [6, 6.07) is 13.5. The van der Waals surface area contributed by atoms with Gasteiger partial charge in [0.25, 0.3) is 0 Å². The molecule has 0 saturated carbocycles. The summed E-state index contributed by atoms with van der Waals surface area (Å²) >= 11 is 0. The molecule has 2 aromatic carbocycles. The third-order valence-corrected chi connectivity index (χ3v) is 3.38. The molecule has 0 spiro atoms. The topological polar surface area (TPSA) is 43.3 Å². The number of phenols is 1. The number of hydrogen-bond acceptors (Lipinski definition) is 2. The quantitative estimate of drug-likeness (QED) is 0.496. The molecular formula is C21H20FeO2. The van der Waals surface area contributed by atoms with E-state index in [1.165, 1.54) is 6.08 Å². The summed E-state index contributed by atoms with van der Waals surface area (Å²) in [6.07, 6.45) is 10.9. The van der Waals surface area contributed by atoms with E-state index in [1.807, 2.05) is 74.5 Å². The zero-order valence-electron chi connectivity index (χ0n) is 13.7. The van der Waals surface area contributed by atoms with Crippen LogP contribution in [-0.4, -0.2) is 5.11 Å². The van der Waals surface area contributed by atoms with E-state index in [0.717, 1.165) is 16.7 Å². The van der Waals surface area contributed by atoms with Gasteiger partial charge in [-0.15, -0.1) is 0 Å². The molecule has 1 aliphatic rings. The Labute approximate surface area is 154 Å². The zero-order valence-corrected chi connectivity index (χ0v) is 14.8. The molecule has 0 unspecified atom stereocenters. The monoisotopic (exact) mass is 360 g/mol. The minimum Gasteiger partial charge on any atom is -0.872 e. The predicted molar refractivity (Wildman–Crippen MR) is 94.0 cm³/mol. The van der Waals surface area contributed by atoms with E-state index < -0.39 is 0 Å². The number of allylic oxidation sites excluding steroid dienone is 7. The molecule has 0 bridgehead atoms. The van der Waals surface area contributed by atoms with Gasteiger partial charge in [-0.2, -0.15) is 18.2 Å². The van der Waals surface area contributed by atoms with E-state index in [9.17, 15) is 10.2 Å². The maximum Gasteiger partial charge on any atom is 2.00 e. The van der Waals surface area contributed by atoms with Crippen LogP contribution in [0.25, 0.3) is 5.76 Å². The minimum absolute atomic E-state index is 0. The third kappa shape index (κ3) is 5.69. The van der Waals surface area contributed by atoms with E-state index in [1.54, 1.807) is 12.1 Å². The molecule has 0 amide bonds. The summed E-state index contributed by atoms with van der Waals surface area (Å²) in [4.78, 5) is 0. The van der Waals surface area contributed by atoms with Crippen molar-refractivity contribution in [1.82, 2.24) is 0 Å². The summed E-state index contributed by atoms with van der Waals surface area (Å²) in [5, 5.41) is 21.9. The molecule has 1 N–H and O–H groups in total. The van der Waals surface area contributed by atoms with E-state index >= 15 is 0 Å². The fourth-order valence-corrected chi connectivity index (χ4v) is 2.34. The second-order valence-electron chi connectivity index (χ2n) is 5.35. The van der Waals surface area contributed by atoms with Crippen molar-refractivity contribution in [2.24, 2.45) is 0 Å². The van der Waals surface area contributed by atoms with Crippen LogP contribution < -0.4 is 5.11 Å². The second kappa shape index (κ2) is 9.71. The Bertz CT molecular complexity index is 709. The first kappa shape index (κ1) is 19.7. The van der Waals surface area contributed by atoms with Crippen molar-refractivity contribution in [2.75, 3.05) is 0 Å². The number of phenolic OH excluding ortho intramolecular Hbond substituents is 1. The van der Waals surface area contributed by atoms with Crippen LogP contribution in [0.15, 0.2) is 84.5 Å². The molecule has 0 saturated heterocycles. The molecule has 3 heteroatoms. The van der Waals surface area contributed by atoms with Crippen LogP contribution >= 0.6 is 0 Å². The van der Waals surface area contributed by atoms with E-state index in [-0.39, 0.29) is 28.6 Å². The first-order valence-electron chi connectivity index (χ1n) is 7.49. The average Bonchev–Trinajstić information content (AvgIpc) is 3.20. The smallest absolute Gasteiger partial charge is 0.872 e. The first-order chi connectivity index (χ1) is 11.1. The van der Waals surface area contributed by atoms with Crippen molar-refractivity contribution >= 4 is 5.76 Å². The van der Waals surface area contributed by atoms with Crippen molar-refractivity contribution in [1.29, 1.82) is 0 Å². The van der Waals surface area contributed by atoms with E-state index in [4.69, 9.17) is 0 Å². The largest absolute Gasteiger partial charge is 2.00 e. The number of aromatic hydroxyl groups is 1. The molecule has 0 aliphatic heterocycles. The van der Waals surface area contributed by atoms with Gasteiger partial charge < -0.3 is 10.2 Å². The number of benzene rings is 1. The fourth-order valence-electron chi connectivity index (χ4n) is 2.34. The van der Waals surface area contributed by atoms with Gasteiger partial charge in [-0.1, -0.05) is 48.3 Å². The van der Waals surface area contributed by atoms with Crippen molar-refractivity contribution in [3.8, 4) is 5.75 Å². The molecule has 0 fully saturated rings. The fraction of sp³-hybridized carbons (Fsp3) is 0.0952. The van der Waals surface area contributed by atoms with Crippen molar-refractivity contribution in [3.05, 3.63) is 101 Å². The van der Waals surface area contributed by atoms with Crippen LogP contribution in [0.5, 0.6) is 5.75 Å². The number of aryl methyl sites for hydroxylation is 2. The molecule has 0 atom stereocenters. The number of rotatable bonds is 2. The van der Waals surface area contributed by atoms with E-state index in [0.29, 0.717) is 5.56 Å². The third-order valence-electron chi connectivity index (χ3n) is 3.38. The second-order valence-corrected chi connectivity index (χ2v) is 5.35. The molecule has 3 rings (SSSR count). The summed E-state index contributed by atoms with van der Waals surface area (Å²) in [5.41, 5.74) is 3.10. The molecule has 124 valence electrons. The molecule has 0 radical (unpaired) electrons. The molecule has 24 heavy (non-hydrogen) atoms. The van der Waals surface area contributed by atoms with Gasteiger partial charge in [0.05, 0.1) is 0 Å². The standard InChI is InChI=1S/C16H16O2.C5H5.Fe/c1-11-9-12(2)16(15(18)10-11)14(17)8-7-13-5-3-4-6-13;1-2-4-5-3-1;/h3-10,17-18H,1-2H3;1-5H;/q;-1;+2/p-1. The summed E-state index contributed by atoms with van der Waals surface area (Å²) < 4.78 is 0. The van der Waals surface area contributed by atoms with Gasteiger partial charge in [-0.3, -0.25) is 0 Å². The Balaban J connectivity index is 0.000000412. The van der Waals surface area contributed by atoms with Gasteiger partial charge in [0.2, 0.25) is 0 Å². The van der Waals surface area contributed by atoms with Gasteiger partial charge >= 0.3 is 17.1 Å². The van der Waals surface area contributed by atoms with Gasteiger partial charge in [0.15, 0.2) is 0 Å². The predicted octanol–water partition coefficient (Wildman–Crippen LogP) is 4.17. The molecular weight excluding hydrogens is 340 g/mol. The maximum atomic E-state index is 12.0. The summed E-state index contributed by atoms with van der Waals surface area (Å²) in [6.45, 7) is 3.72. The number of hydrogen-bond donors (Lipinski definition) is 1. The van der Waals surface area contributed by atoms with Gasteiger partial charge in [0.1, 0.15) is 5.75 Å². The summed E-state index contributed by atoms with van der Waals surface area (Å²) in [7, 11) is 0. The van der Waals surface area contributed by atoms with Gasteiger partial charge in [-0.25, -0.2) is 12.1 Å². The molecule has 2 aromatic rings. The van der Waals surface area contributed by atoms with Crippen LogP contribution in [0.3, 0.4) is 0 Å². The SMILES string of the molecule is Cc1cc(C)c(C([O-])=CC=C2C=CC=C2)c(O)c1.[Fe+2].c1cc[cH-]c1. The van der Waals surface area contributed by atoms with E-state index in [2.05, 4.69) is 0 Å². The van der Waals surface area contributed by atoms with Crippen molar-refractivity contribution in [2.45, 2.75) is 13.8 Å². The van der Waals surface area contributed by atoms with Crippen LogP contribution in [0, 0.1) is 13.8 Å². The summed E-state index contributed by atoms with van der Waals surface area (Å²) in [5.74, 6) is -0.129. The Kier molecular flexibility index (Phi) is 7.97. The van der Waals surface area contributed by atoms with Crippen molar-refractivity contribution < 1.29 is 27.3 Å². The first-order valence-corrected chi connectivity index (χ1v) is 7.49. The Hall–Kier alpha value is -2.35.